The van der Waals surface area contributed by atoms with Crippen molar-refractivity contribution in [1.82, 2.24) is 10.6 Å². The highest BCUT2D eigenvalue weighted by molar-refractivity contribution is 5.97. The summed E-state index contributed by atoms with van der Waals surface area (Å²) in [6.45, 7) is 3.06. The molecule has 0 saturated carbocycles. The van der Waals surface area contributed by atoms with Crippen molar-refractivity contribution in [3.05, 3.63) is 23.8 Å². The van der Waals surface area contributed by atoms with Crippen molar-refractivity contribution in [3.8, 4) is 11.5 Å². The summed E-state index contributed by atoms with van der Waals surface area (Å²) in [5.74, 6) is 1.06. The molecule has 5 heteroatoms. The number of benzene rings is 1. The second-order valence-electron chi connectivity index (χ2n) is 5.38. The molecule has 1 heterocycles. The fourth-order valence-corrected chi connectivity index (χ4v) is 2.68. The van der Waals surface area contributed by atoms with Gasteiger partial charge in [-0.1, -0.05) is 6.42 Å². The molecule has 5 nitrogen and oxygen atoms in total. The monoisotopic (exact) mass is 292 g/mol. The van der Waals surface area contributed by atoms with Crippen LogP contribution in [0.1, 0.15) is 36.5 Å². The van der Waals surface area contributed by atoms with Crippen molar-refractivity contribution in [3.63, 3.8) is 0 Å². The third-order valence-electron chi connectivity index (χ3n) is 3.96. The molecular weight excluding hydrogens is 268 g/mol. The third kappa shape index (κ3) is 3.88. The van der Waals surface area contributed by atoms with Crippen molar-refractivity contribution in [2.45, 2.75) is 38.3 Å². The molecule has 1 amide bonds. The molecule has 1 saturated heterocycles. The average molecular weight is 292 g/mol. The van der Waals surface area contributed by atoms with Crippen LogP contribution in [0.25, 0.3) is 0 Å². The minimum Gasteiger partial charge on any atom is -0.497 e. The lowest BCUT2D eigenvalue weighted by molar-refractivity contribution is 0.0924. The lowest BCUT2D eigenvalue weighted by Gasteiger charge is -2.29. The number of hydrogen-bond donors (Lipinski definition) is 2. The average Bonchev–Trinajstić information content (AvgIpc) is 2.54. The highest BCUT2D eigenvalue weighted by Crippen LogP contribution is 2.24. The number of piperidine rings is 1. The van der Waals surface area contributed by atoms with Crippen LogP contribution in [0.4, 0.5) is 0 Å². The number of hydrogen-bond acceptors (Lipinski definition) is 4. The van der Waals surface area contributed by atoms with E-state index >= 15 is 0 Å². The number of ether oxygens (including phenoxy) is 2. The quantitative estimate of drug-likeness (QED) is 0.871. The van der Waals surface area contributed by atoms with Crippen LogP contribution in [0.2, 0.25) is 0 Å². The molecule has 0 bridgehead atoms. The fourth-order valence-electron chi connectivity index (χ4n) is 2.68. The van der Waals surface area contributed by atoms with Crippen LogP contribution in [0.15, 0.2) is 18.2 Å². The number of carbonyl (C=O) groups excluding carboxylic acids is 1. The van der Waals surface area contributed by atoms with Gasteiger partial charge in [0.15, 0.2) is 0 Å². The molecule has 0 aromatic heterocycles. The summed E-state index contributed by atoms with van der Waals surface area (Å²) < 4.78 is 10.4. The first kappa shape index (κ1) is 15.6. The molecule has 1 fully saturated rings. The Kier molecular flexibility index (Phi) is 5.44. The zero-order valence-corrected chi connectivity index (χ0v) is 12.9. The van der Waals surface area contributed by atoms with E-state index in [4.69, 9.17) is 9.47 Å². The lowest BCUT2D eigenvalue weighted by Crippen LogP contribution is -2.50. The van der Waals surface area contributed by atoms with Gasteiger partial charge in [0.1, 0.15) is 11.5 Å². The Labute approximate surface area is 126 Å². The summed E-state index contributed by atoms with van der Waals surface area (Å²) in [6, 6.07) is 5.64. The maximum atomic E-state index is 12.5. The molecule has 21 heavy (non-hydrogen) atoms. The van der Waals surface area contributed by atoms with E-state index in [0.717, 1.165) is 13.0 Å². The van der Waals surface area contributed by atoms with E-state index < -0.39 is 0 Å². The maximum absolute atomic E-state index is 12.5. The van der Waals surface area contributed by atoms with E-state index in [9.17, 15) is 4.79 Å². The number of methoxy groups -OCH3 is 2. The predicted octanol–water partition coefficient (Wildman–Crippen LogP) is 1.96. The standard InChI is InChI=1S/C16H24N2O3/c1-11(14-6-4-5-9-17-14)18-16(19)13-10-12(20-2)7-8-15(13)21-3/h7-8,10-11,14,17H,4-6,9H2,1-3H3,(H,18,19). The van der Waals surface area contributed by atoms with Gasteiger partial charge >= 0.3 is 0 Å². The van der Waals surface area contributed by atoms with Crippen molar-refractivity contribution in [2.75, 3.05) is 20.8 Å². The minimum atomic E-state index is -0.134. The van der Waals surface area contributed by atoms with E-state index in [0.29, 0.717) is 23.1 Å². The van der Waals surface area contributed by atoms with Gasteiger partial charge in [0, 0.05) is 12.1 Å². The topological polar surface area (TPSA) is 59.6 Å². The summed E-state index contributed by atoms with van der Waals surface area (Å²) in [6.07, 6.45) is 3.51. The first-order valence-corrected chi connectivity index (χ1v) is 7.42. The molecule has 1 aliphatic rings. The minimum absolute atomic E-state index is 0.0775. The van der Waals surface area contributed by atoms with Crippen molar-refractivity contribution in [1.29, 1.82) is 0 Å². The molecule has 0 aliphatic carbocycles. The van der Waals surface area contributed by atoms with Gasteiger partial charge in [-0.15, -0.1) is 0 Å². The molecule has 0 radical (unpaired) electrons. The van der Waals surface area contributed by atoms with E-state index in [-0.39, 0.29) is 11.9 Å². The van der Waals surface area contributed by atoms with Gasteiger partial charge in [-0.05, 0) is 44.5 Å². The summed E-state index contributed by atoms with van der Waals surface area (Å²) >= 11 is 0. The summed E-state index contributed by atoms with van der Waals surface area (Å²) in [7, 11) is 3.14. The van der Waals surface area contributed by atoms with Crippen molar-refractivity contribution in [2.24, 2.45) is 0 Å². The lowest BCUT2D eigenvalue weighted by atomic mass is 9.99. The van der Waals surface area contributed by atoms with Crippen LogP contribution in [-0.4, -0.2) is 38.8 Å². The van der Waals surface area contributed by atoms with Crippen LogP contribution < -0.4 is 20.1 Å². The van der Waals surface area contributed by atoms with Crippen molar-refractivity contribution >= 4 is 5.91 Å². The molecular formula is C16H24N2O3. The third-order valence-corrected chi connectivity index (χ3v) is 3.96. The molecule has 1 aliphatic heterocycles. The zero-order valence-electron chi connectivity index (χ0n) is 12.9. The fraction of sp³-hybridized carbons (Fsp3) is 0.562. The highest BCUT2D eigenvalue weighted by Gasteiger charge is 2.22. The Bertz CT molecular complexity index is 484. The van der Waals surface area contributed by atoms with Crippen LogP contribution in [-0.2, 0) is 0 Å². The van der Waals surface area contributed by atoms with E-state index in [1.54, 1.807) is 32.4 Å². The van der Waals surface area contributed by atoms with Gasteiger partial charge in [-0.25, -0.2) is 0 Å². The summed E-state index contributed by atoms with van der Waals surface area (Å²) in [5.41, 5.74) is 0.500. The molecule has 2 unspecified atom stereocenters. The van der Waals surface area contributed by atoms with Crippen LogP contribution in [0.3, 0.4) is 0 Å². The molecule has 2 N–H and O–H groups in total. The zero-order chi connectivity index (χ0) is 15.2. The van der Waals surface area contributed by atoms with Crippen LogP contribution in [0.5, 0.6) is 11.5 Å². The number of rotatable bonds is 5. The highest BCUT2D eigenvalue weighted by atomic mass is 16.5. The maximum Gasteiger partial charge on any atom is 0.255 e. The summed E-state index contributed by atoms with van der Waals surface area (Å²) in [5, 5.41) is 6.51. The van der Waals surface area contributed by atoms with Crippen molar-refractivity contribution < 1.29 is 14.3 Å². The Morgan fingerprint density at radius 2 is 2.14 bits per heavy atom. The van der Waals surface area contributed by atoms with Gasteiger partial charge in [0.05, 0.1) is 19.8 Å². The molecule has 0 spiro atoms. The van der Waals surface area contributed by atoms with Gasteiger partial charge in [-0.2, -0.15) is 0 Å². The SMILES string of the molecule is COc1ccc(OC)c(C(=O)NC(C)C2CCCCN2)c1. The number of carbonyl (C=O) groups is 1. The number of nitrogens with one attached hydrogen (secondary N) is 2. The summed E-state index contributed by atoms with van der Waals surface area (Å²) in [4.78, 5) is 12.5. The Hall–Kier alpha value is -1.75. The molecule has 2 rings (SSSR count). The Morgan fingerprint density at radius 3 is 2.76 bits per heavy atom. The van der Waals surface area contributed by atoms with Gasteiger partial charge in [0.2, 0.25) is 0 Å². The Balaban J connectivity index is 2.08. The van der Waals surface area contributed by atoms with Gasteiger partial charge in [-0.3, -0.25) is 4.79 Å². The molecule has 1 aromatic carbocycles. The molecule has 116 valence electrons. The van der Waals surface area contributed by atoms with E-state index in [1.807, 2.05) is 6.92 Å². The first-order valence-electron chi connectivity index (χ1n) is 7.42. The van der Waals surface area contributed by atoms with Crippen LogP contribution >= 0.6 is 0 Å². The van der Waals surface area contributed by atoms with E-state index in [1.165, 1.54) is 12.8 Å². The number of amides is 1. The molecule has 2 atom stereocenters. The van der Waals surface area contributed by atoms with Gasteiger partial charge < -0.3 is 20.1 Å². The normalized spacial score (nSPS) is 19.7. The second-order valence-corrected chi connectivity index (χ2v) is 5.38. The Morgan fingerprint density at radius 1 is 1.33 bits per heavy atom. The first-order chi connectivity index (χ1) is 10.2. The predicted molar refractivity (Wildman–Crippen MR) is 82.1 cm³/mol. The van der Waals surface area contributed by atoms with Gasteiger partial charge in [0.25, 0.3) is 5.91 Å². The molecule has 1 aromatic rings. The smallest absolute Gasteiger partial charge is 0.255 e. The van der Waals surface area contributed by atoms with Crippen LogP contribution in [0, 0.1) is 0 Å². The van der Waals surface area contributed by atoms with E-state index in [2.05, 4.69) is 10.6 Å². The second kappa shape index (κ2) is 7.31. The largest absolute Gasteiger partial charge is 0.497 e.